The normalized spacial score (nSPS) is 16.4. The Bertz CT molecular complexity index is 1090. The van der Waals surface area contributed by atoms with E-state index in [1.165, 1.54) is 17.5 Å². The Morgan fingerprint density at radius 2 is 1.39 bits per heavy atom. The first-order chi connectivity index (χ1) is 15.9. The standard InChI is InChI=1S/C29H32O3Si/c1-29(2,3)33(24-14-7-5-8-15-24,25-16-9-6-10-17-25)32-27-20-19-23(28(30)31-4)21-22-13-11-12-18-26(22)27/h5-19,27H,20-21H2,1-4H3. The highest BCUT2D eigenvalue weighted by Crippen LogP contribution is 2.42. The van der Waals surface area contributed by atoms with Gasteiger partial charge in [-0.25, -0.2) is 4.79 Å². The molecule has 0 fully saturated rings. The minimum absolute atomic E-state index is 0.119. The summed E-state index contributed by atoms with van der Waals surface area (Å²) in [6.07, 6.45) is 3.04. The van der Waals surface area contributed by atoms with E-state index in [-0.39, 0.29) is 17.1 Å². The summed E-state index contributed by atoms with van der Waals surface area (Å²) >= 11 is 0. The summed E-state index contributed by atoms with van der Waals surface area (Å²) in [5, 5.41) is 2.39. The second-order valence-electron chi connectivity index (χ2n) is 9.60. The SMILES string of the molecule is COC(=O)C1=CCC(O[Si](c2ccccc2)(c2ccccc2)C(C)(C)C)c2ccccc2C1. The molecule has 1 atom stereocenters. The molecule has 1 unspecified atom stereocenters. The van der Waals surface area contributed by atoms with Crippen molar-refractivity contribution in [2.24, 2.45) is 0 Å². The predicted molar refractivity (Wildman–Crippen MR) is 136 cm³/mol. The molecule has 3 aromatic carbocycles. The molecule has 0 saturated heterocycles. The van der Waals surface area contributed by atoms with Crippen LogP contribution in [0.5, 0.6) is 0 Å². The highest BCUT2D eigenvalue weighted by atomic mass is 28.4. The van der Waals surface area contributed by atoms with Crippen molar-refractivity contribution >= 4 is 24.7 Å². The number of methoxy groups -OCH3 is 1. The molecule has 1 aliphatic carbocycles. The van der Waals surface area contributed by atoms with E-state index in [4.69, 9.17) is 9.16 Å². The van der Waals surface area contributed by atoms with E-state index in [0.717, 1.165) is 11.1 Å². The molecule has 0 saturated carbocycles. The Balaban J connectivity index is 1.90. The predicted octanol–water partition coefficient (Wildman–Crippen LogP) is 5.35. The van der Waals surface area contributed by atoms with Crippen LogP contribution in [0.15, 0.2) is 96.6 Å². The fourth-order valence-corrected chi connectivity index (χ4v) is 9.63. The van der Waals surface area contributed by atoms with Crippen LogP contribution in [-0.2, 0) is 20.4 Å². The molecule has 0 bridgehead atoms. The van der Waals surface area contributed by atoms with E-state index in [1.807, 2.05) is 12.1 Å². The average Bonchev–Trinajstić information content (AvgIpc) is 3.02. The van der Waals surface area contributed by atoms with Crippen molar-refractivity contribution in [1.29, 1.82) is 0 Å². The molecule has 4 heteroatoms. The van der Waals surface area contributed by atoms with Crippen molar-refractivity contribution in [2.45, 2.75) is 44.8 Å². The summed E-state index contributed by atoms with van der Waals surface area (Å²) < 4.78 is 12.5. The number of hydrogen-bond acceptors (Lipinski definition) is 3. The van der Waals surface area contributed by atoms with Crippen LogP contribution < -0.4 is 10.4 Å². The number of carbonyl (C=O) groups excluding carboxylic acids is 1. The fourth-order valence-electron chi connectivity index (χ4n) is 4.97. The molecule has 0 aliphatic heterocycles. The van der Waals surface area contributed by atoms with E-state index in [1.54, 1.807) is 0 Å². The quantitative estimate of drug-likeness (QED) is 0.383. The van der Waals surface area contributed by atoms with Gasteiger partial charge in [0.25, 0.3) is 8.32 Å². The van der Waals surface area contributed by atoms with Gasteiger partial charge in [-0.3, -0.25) is 0 Å². The molecule has 170 valence electrons. The van der Waals surface area contributed by atoms with Gasteiger partial charge in [0, 0.05) is 12.0 Å². The highest BCUT2D eigenvalue weighted by molar-refractivity contribution is 6.99. The molecule has 4 rings (SSSR count). The van der Waals surface area contributed by atoms with Crippen LogP contribution in [0.3, 0.4) is 0 Å². The summed E-state index contributed by atoms with van der Waals surface area (Å²) in [6, 6.07) is 29.7. The lowest BCUT2D eigenvalue weighted by molar-refractivity contribution is -0.136. The first-order valence-corrected chi connectivity index (χ1v) is 13.4. The second kappa shape index (κ2) is 9.50. The second-order valence-corrected chi connectivity index (χ2v) is 13.9. The van der Waals surface area contributed by atoms with Gasteiger partial charge in [0.05, 0.1) is 13.2 Å². The van der Waals surface area contributed by atoms with Gasteiger partial charge in [0.15, 0.2) is 0 Å². The molecule has 1 aliphatic rings. The molecular formula is C29H32O3Si. The van der Waals surface area contributed by atoms with Gasteiger partial charge >= 0.3 is 5.97 Å². The molecule has 0 aromatic heterocycles. The zero-order valence-electron chi connectivity index (χ0n) is 19.9. The Kier molecular flexibility index (Phi) is 6.68. The van der Waals surface area contributed by atoms with Gasteiger partial charge in [-0.1, -0.05) is 112 Å². The van der Waals surface area contributed by atoms with Crippen molar-refractivity contribution in [3.63, 3.8) is 0 Å². The molecule has 3 nitrogen and oxygen atoms in total. The van der Waals surface area contributed by atoms with Gasteiger partial charge in [0.1, 0.15) is 0 Å². The molecule has 0 amide bonds. The minimum atomic E-state index is -2.73. The fraction of sp³-hybridized carbons (Fsp3) is 0.276. The summed E-state index contributed by atoms with van der Waals surface area (Å²) in [5.74, 6) is -0.268. The lowest BCUT2D eigenvalue weighted by Gasteiger charge is -2.45. The number of carbonyl (C=O) groups is 1. The summed E-state index contributed by atoms with van der Waals surface area (Å²) in [4.78, 5) is 12.4. The van der Waals surface area contributed by atoms with Gasteiger partial charge in [0.2, 0.25) is 0 Å². The number of ether oxygens (including phenoxy) is 1. The number of hydrogen-bond donors (Lipinski definition) is 0. The molecule has 0 radical (unpaired) electrons. The van der Waals surface area contributed by atoms with Gasteiger partial charge in [-0.2, -0.15) is 0 Å². The maximum absolute atomic E-state index is 12.4. The zero-order valence-corrected chi connectivity index (χ0v) is 20.9. The molecular weight excluding hydrogens is 424 g/mol. The van der Waals surface area contributed by atoms with Crippen LogP contribution in [0.2, 0.25) is 5.04 Å². The molecule has 0 spiro atoms. The largest absolute Gasteiger partial charge is 0.466 e. The van der Waals surface area contributed by atoms with Crippen molar-refractivity contribution < 1.29 is 14.0 Å². The van der Waals surface area contributed by atoms with E-state index >= 15 is 0 Å². The van der Waals surface area contributed by atoms with E-state index in [9.17, 15) is 4.79 Å². The Labute approximate surface area is 198 Å². The lowest BCUT2D eigenvalue weighted by atomic mass is 9.99. The van der Waals surface area contributed by atoms with E-state index in [2.05, 4.69) is 99.6 Å². The summed E-state index contributed by atoms with van der Waals surface area (Å²) in [6.45, 7) is 6.87. The third-order valence-electron chi connectivity index (χ3n) is 6.54. The van der Waals surface area contributed by atoms with Gasteiger partial charge < -0.3 is 9.16 Å². The third-order valence-corrected chi connectivity index (χ3v) is 11.6. The van der Waals surface area contributed by atoms with Gasteiger partial charge in [-0.15, -0.1) is 0 Å². The third kappa shape index (κ3) is 4.46. The highest BCUT2D eigenvalue weighted by Gasteiger charge is 2.51. The van der Waals surface area contributed by atoms with Crippen molar-refractivity contribution in [3.8, 4) is 0 Å². The number of rotatable bonds is 5. The van der Waals surface area contributed by atoms with Crippen molar-refractivity contribution in [1.82, 2.24) is 0 Å². The average molecular weight is 457 g/mol. The first kappa shape index (κ1) is 23.2. The number of benzene rings is 3. The van der Waals surface area contributed by atoms with Crippen molar-refractivity contribution in [2.75, 3.05) is 7.11 Å². The van der Waals surface area contributed by atoms with Gasteiger partial charge in [-0.05, 0) is 33.0 Å². The van der Waals surface area contributed by atoms with Crippen LogP contribution in [0.4, 0.5) is 0 Å². The molecule has 33 heavy (non-hydrogen) atoms. The smallest absolute Gasteiger partial charge is 0.333 e. The van der Waals surface area contributed by atoms with Crippen LogP contribution >= 0.6 is 0 Å². The Morgan fingerprint density at radius 3 is 1.94 bits per heavy atom. The van der Waals surface area contributed by atoms with Crippen LogP contribution in [0, 0.1) is 0 Å². The molecule has 0 N–H and O–H groups in total. The van der Waals surface area contributed by atoms with Crippen LogP contribution in [-0.4, -0.2) is 21.4 Å². The van der Waals surface area contributed by atoms with Crippen LogP contribution in [0.25, 0.3) is 0 Å². The summed E-state index contributed by atoms with van der Waals surface area (Å²) in [7, 11) is -1.29. The molecule has 0 heterocycles. The monoisotopic (exact) mass is 456 g/mol. The van der Waals surface area contributed by atoms with Crippen molar-refractivity contribution in [3.05, 3.63) is 108 Å². The lowest BCUT2D eigenvalue weighted by Crippen LogP contribution is -2.66. The van der Waals surface area contributed by atoms with E-state index < -0.39 is 8.32 Å². The number of fused-ring (bicyclic) bond motifs is 1. The first-order valence-electron chi connectivity index (χ1n) is 11.5. The minimum Gasteiger partial charge on any atom is -0.466 e. The van der Waals surface area contributed by atoms with E-state index in [0.29, 0.717) is 18.4 Å². The summed E-state index contributed by atoms with van der Waals surface area (Å²) in [5.41, 5.74) is 2.97. The Morgan fingerprint density at radius 1 is 0.848 bits per heavy atom. The topological polar surface area (TPSA) is 35.5 Å². The molecule has 3 aromatic rings. The maximum atomic E-state index is 12.4. The maximum Gasteiger partial charge on any atom is 0.333 e. The van der Waals surface area contributed by atoms with Crippen LogP contribution in [0.1, 0.15) is 44.4 Å². The number of esters is 1. The Hall–Kier alpha value is -2.95. The zero-order chi connectivity index (χ0) is 23.5.